The van der Waals surface area contributed by atoms with Crippen molar-refractivity contribution in [3.8, 4) is 0 Å². The van der Waals surface area contributed by atoms with Crippen molar-refractivity contribution in [3.05, 3.63) is 54.1 Å². The molecule has 1 aliphatic heterocycles. The molecule has 2 unspecified atom stereocenters. The summed E-state index contributed by atoms with van der Waals surface area (Å²) in [5, 5.41) is 0. The van der Waals surface area contributed by atoms with Crippen molar-refractivity contribution in [1.29, 1.82) is 0 Å². The SMILES string of the molecule is CN(I)CCCN1c2ccccc2CCC2C=CC=CC21. The minimum atomic E-state index is 0.526. The molecule has 2 aliphatic rings. The number of rotatable bonds is 4. The maximum atomic E-state index is 2.63. The van der Waals surface area contributed by atoms with Gasteiger partial charge in [0.15, 0.2) is 0 Å². The van der Waals surface area contributed by atoms with E-state index in [9.17, 15) is 0 Å². The number of aryl methyl sites for hydroxylation is 1. The number of hydrogen-bond donors (Lipinski definition) is 0. The molecule has 0 N–H and O–H groups in total. The average Bonchev–Trinajstić information content (AvgIpc) is 2.65. The van der Waals surface area contributed by atoms with Gasteiger partial charge in [-0.3, -0.25) is 3.11 Å². The maximum absolute atomic E-state index is 2.63. The zero-order valence-corrected chi connectivity index (χ0v) is 14.7. The fourth-order valence-electron chi connectivity index (χ4n) is 3.46. The Hall–Kier alpha value is -0.810. The van der Waals surface area contributed by atoms with Crippen molar-refractivity contribution < 1.29 is 0 Å². The molecule has 1 heterocycles. The second-order valence-electron chi connectivity index (χ2n) is 5.97. The first-order valence-electron chi connectivity index (χ1n) is 7.82. The molecule has 0 fully saturated rings. The molecule has 0 aromatic heterocycles. The Morgan fingerprint density at radius 3 is 2.90 bits per heavy atom. The zero-order valence-electron chi connectivity index (χ0n) is 12.6. The van der Waals surface area contributed by atoms with Crippen LogP contribution in [0.15, 0.2) is 48.6 Å². The van der Waals surface area contributed by atoms with Gasteiger partial charge in [-0.2, -0.15) is 0 Å². The van der Waals surface area contributed by atoms with Crippen LogP contribution < -0.4 is 4.90 Å². The van der Waals surface area contributed by atoms with E-state index in [2.05, 4.69) is 86.5 Å². The Morgan fingerprint density at radius 2 is 2.05 bits per heavy atom. The fraction of sp³-hybridized carbons (Fsp3) is 0.444. The summed E-state index contributed by atoms with van der Waals surface area (Å²) in [4.78, 5) is 2.63. The molecule has 3 rings (SSSR count). The fourth-order valence-corrected chi connectivity index (χ4v) is 3.80. The summed E-state index contributed by atoms with van der Waals surface area (Å²) in [6, 6.07) is 9.49. The van der Waals surface area contributed by atoms with Crippen LogP contribution in [0.1, 0.15) is 18.4 Å². The topological polar surface area (TPSA) is 6.48 Å². The number of para-hydroxylation sites is 1. The number of halogens is 1. The van der Waals surface area contributed by atoms with Crippen LogP contribution in [0.25, 0.3) is 0 Å². The van der Waals surface area contributed by atoms with E-state index >= 15 is 0 Å². The third-order valence-electron chi connectivity index (χ3n) is 4.49. The molecule has 0 bridgehead atoms. The molecule has 0 spiro atoms. The molecule has 1 aromatic rings. The van der Waals surface area contributed by atoms with E-state index in [1.54, 1.807) is 0 Å². The first-order valence-corrected chi connectivity index (χ1v) is 8.78. The lowest BCUT2D eigenvalue weighted by Gasteiger charge is -2.36. The molecule has 0 radical (unpaired) electrons. The Kier molecular flexibility index (Phi) is 5.01. The number of fused-ring (bicyclic) bond motifs is 2. The quantitative estimate of drug-likeness (QED) is 0.557. The van der Waals surface area contributed by atoms with Crippen molar-refractivity contribution in [3.63, 3.8) is 0 Å². The minimum Gasteiger partial charge on any atom is -0.364 e. The van der Waals surface area contributed by atoms with Gasteiger partial charge in [0, 0.05) is 47.6 Å². The van der Waals surface area contributed by atoms with Gasteiger partial charge in [0.2, 0.25) is 0 Å². The summed E-state index contributed by atoms with van der Waals surface area (Å²) in [7, 11) is 2.14. The molecule has 3 heteroatoms. The Labute approximate surface area is 142 Å². The van der Waals surface area contributed by atoms with E-state index in [1.807, 2.05) is 0 Å². The summed E-state index contributed by atoms with van der Waals surface area (Å²) >= 11 is 2.37. The van der Waals surface area contributed by atoms with E-state index < -0.39 is 0 Å². The van der Waals surface area contributed by atoms with Crippen LogP contribution >= 0.6 is 22.9 Å². The van der Waals surface area contributed by atoms with Gasteiger partial charge in [-0.05, 0) is 37.9 Å². The summed E-state index contributed by atoms with van der Waals surface area (Å²) in [6.45, 7) is 2.26. The molecular formula is C18H23IN2. The molecule has 1 aromatic carbocycles. The summed E-state index contributed by atoms with van der Waals surface area (Å²) < 4.78 is 2.25. The molecule has 0 saturated carbocycles. The second-order valence-corrected chi connectivity index (χ2v) is 7.61. The molecular weight excluding hydrogens is 371 g/mol. The Bertz CT molecular complexity index is 536. The van der Waals surface area contributed by atoms with E-state index in [0.29, 0.717) is 12.0 Å². The van der Waals surface area contributed by atoms with Gasteiger partial charge in [0.25, 0.3) is 0 Å². The molecule has 112 valence electrons. The molecule has 2 atom stereocenters. The molecule has 0 amide bonds. The van der Waals surface area contributed by atoms with Crippen LogP contribution in [0.5, 0.6) is 0 Å². The standard InChI is InChI=1S/C18H23IN2/c1-20(19)13-6-14-21-17-9-4-2-7-15(17)11-12-16-8-3-5-10-18(16)21/h2-5,7-10,15,17H,6,11-14H2,1H3. The molecule has 0 saturated heterocycles. The third-order valence-corrected chi connectivity index (χ3v) is 4.97. The van der Waals surface area contributed by atoms with Gasteiger partial charge in [-0.15, -0.1) is 0 Å². The highest BCUT2D eigenvalue weighted by atomic mass is 127. The van der Waals surface area contributed by atoms with Gasteiger partial charge in [-0.25, -0.2) is 0 Å². The number of hydrogen-bond acceptors (Lipinski definition) is 2. The smallest absolute Gasteiger partial charge is 0.0539 e. The third kappa shape index (κ3) is 3.51. The van der Waals surface area contributed by atoms with Crippen molar-refractivity contribution >= 4 is 28.6 Å². The number of nitrogens with zero attached hydrogens (tertiary/aromatic N) is 2. The summed E-state index contributed by atoms with van der Waals surface area (Å²) in [5.74, 6) is 0.653. The highest BCUT2D eigenvalue weighted by Crippen LogP contribution is 2.35. The lowest BCUT2D eigenvalue weighted by Crippen LogP contribution is -2.40. The van der Waals surface area contributed by atoms with Gasteiger partial charge in [-0.1, -0.05) is 42.5 Å². The number of anilines is 1. The van der Waals surface area contributed by atoms with E-state index in [-0.39, 0.29) is 0 Å². The lowest BCUT2D eigenvalue weighted by molar-refractivity contribution is 0.490. The van der Waals surface area contributed by atoms with E-state index in [1.165, 1.54) is 30.5 Å². The van der Waals surface area contributed by atoms with Crippen LogP contribution in [0.3, 0.4) is 0 Å². The van der Waals surface area contributed by atoms with Crippen molar-refractivity contribution in [1.82, 2.24) is 3.11 Å². The predicted molar refractivity (Wildman–Crippen MR) is 98.9 cm³/mol. The van der Waals surface area contributed by atoms with Crippen molar-refractivity contribution in [2.75, 3.05) is 25.0 Å². The number of allylic oxidation sites excluding steroid dienone is 2. The Morgan fingerprint density at radius 1 is 1.24 bits per heavy atom. The largest absolute Gasteiger partial charge is 0.364 e. The van der Waals surface area contributed by atoms with Gasteiger partial charge in [0.1, 0.15) is 0 Å². The van der Waals surface area contributed by atoms with Gasteiger partial charge < -0.3 is 4.90 Å². The lowest BCUT2D eigenvalue weighted by atomic mass is 9.90. The second kappa shape index (κ2) is 6.97. The summed E-state index contributed by atoms with van der Waals surface area (Å²) in [5.41, 5.74) is 2.96. The van der Waals surface area contributed by atoms with Crippen molar-refractivity contribution in [2.24, 2.45) is 5.92 Å². The van der Waals surface area contributed by atoms with Gasteiger partial charge in [0.05, 0.1) is 6.04 Å². The van der Waals surface area contributed by atoms with Crippen LogP contribution in [0.2, 0.25) is 0 Å². The predicted octanol–water partition coefficient (Wildman–Crippen LogP) is 4.22. The van der Waals surface area contributed by atoms with Gasteiger partial charge >= 0.3 is 0 Å². The van der Waals surface area contributed by atoms with Crippen LogP contribution in [-0.4, -0.2) is 29.3 Å². The first kappa shape index (κ1) is 15.1. The molecule has 2 nitrogen and oxygen atoms in total. The highest BCUT2D eigenvalue weighted by molar-refractivity contribution is 14.1. The number of benzene rings is 1. The van der Waals surface area contributed by atoms with Crippen LogP contribution in [0.4, 0.5) is 5.69 Å². The summed E-state index contributed by atoms with van der Waals surface area (Å²) in [6.07, 6.45) is 12.9. The normalized spacial score (nSPS) is 23.9. The van der Waals surface area contributed by atoms with E-state index in [0.717, 1.165) is 13.1 Å². The van der Waals surface area contributed by atoms with Crippen molar-refractivity contribution in [2.45, 2.75) is 25.3 Å². The molecule has 1 aliphatic carbocycles. The highest BCUT2D eigenvalue weighted by Gasteiger charge is 2.29. The van der Waals surface area contributed by atoms with E-state index in [4.69, 9.17) is 0 Å². The first-order chi connectivity index (χ1) is 10.3. The monoisotopic (exact) mass is 394 g/mol. The molecule has 21 heavy (non-hydrogen) atoms. The zero-order chi connectivity index (χ0) is 14.7. The van der Waals surface area contributed by atoms with Crippen LogP contribution in [0, 0.1) is 5.92 Å². The van der Waals surface area contributed by atoms with Crippen LogP contribution in [-0.2, 0) is 6.42 Å². The average molecular weight is 394 g/mol. The Balaban J connectivity index is 1.86. The maximum Gasteiger partial charge on any atom is 0.0539 e. The minimum absolute atomic E-state index is 0.526.